The predicted octanol–water partition coefficient (Wildman–Crippen LogP) is 1.40. The molecule has 1 spiro atoms. The second-order valence-corrected chi connectivity index (χ2v) is 6.98. The molecule has 0 amide bonds. The van der Waals surface area contributed by atoms with E-state index in [1.165, 1.54) is 77.9 Å². The summed E-state index contributed by atoms with van der Waals surface area (Å²) in [6.07, 6.45) is 7.12. The molecule has 1 N–H and O–H groups in total. The van der Waals surface area contributed by atoms with Crippen LogP contribution in [0.2, 0.25) is 0 Å². The minimum Gasteiger partial charge on any atom is -0.317 e. The van der Waals surface area contributed by atoms with Gasteiger partial charge in [-0.1, -0.05) is 0 Å². The first-order valence-corrected chi connectivity index (χ1v) is 7.87. The summed E-state index contributed by atoms with van der Waals surface area (Å²) >= 11 is 0. The first-order chi connectivity index (χ1) is 8.76. The van der Waals surface area contributed by atoms with Crippen molar-refractivity contribution < 1.29 is 0 Å². The molecule has 0 atom stereocenters. The molecule has 0 bridgehead atoms. The molecule has 3 aliphatic heterocycles. The van der Waals surface area contributed by atoms with Gasteiger partial charge in [0.15, 0.2) is 0 Å². The molecule has 0 radical (unpaired) electrons. The lowest BCUT2D eigenvalue weighted by Gasteiger charge is -2.35. The van der Waals surface area contributed by atoms with E-state index in [9.17, 15) is 0 Å². The Labute approximate surface area is 112 Å². The van der Waals surface area contributed by atoms with E-state index in [-0.39, 0.29) is 0 Å². The fourth-order valence-electron chi connectivity index (χ4n) is 4.16. The Hall–Kier alpha value is -0.120. The van der Waals surface area contributed by atoms with Gasteiger partial charge in [0.25, 0.3) is 0 Å². The number of piperidine rings is 2. The molecule has 104 valence electrons. The van der Waals surface area contributed by atoms with E-state index in [1.54, 1.807) is 0 Å². The van der Waals surface area contributed by atoms with Gasteiger partial charge in [-0.15, -0.1) is 0 Å². The molecule has 0 aromatic carbocycles. The van der Waals surface area contributed by atoms with Gasteiger partial charge in [0, 0.05) is 13.1 Å². The Bertz CT molecular complexity index is 265. The van der Waals surface area contributed by atoms with Crippen molar-refractivity contribution in [2.75, 3.05) is 52.9 Å². The normalized spacial score (nSPS) is 31.2. The molecule has 3 saturated heterocycles. The zero-order valence-corrected chi connectivity index (χ0v) is 12.0. The summed E-state index contributed by atoms with van der Waals surface area (Å²) in [7, 11) is 2.26. The Kier molecular flexibility index (Phi) is 3.92. The van der Waals surface area contributed by atoms with Crippen molar-refractivity contribution in [3.05, 3.63) is 0 Å². The highest BCUT2D eigenvalue weighted by atomic mass is 15.2. The number of likely N-dealkylation sites (tertiary alicyclic amines) is 2. The van der Waals surface area contributed by atoms with Crippen LogP contribution in [0.1, 0.15) is 32.1 Å². The van der Waals surface area contributed by atoms with Gasteiger partial charge in [-0.2, -0.15) is 0 Å². The summed E-state index contributed by atoms with van der Waals surface area (Å²) < 4.78 is 0. The summed E-state index contributed by atoms with van der Waals surface area (Å²) in [4.78, 5) is 5.26. The first kappa shape index (κ1) is 12.9. The summed E-state index contributed by atoms with van der Waals surface area (Å²) in [5.41, 5.74) is 0.691. The minimum atomic E-state index is 0.691. The van der Waals surface area contributed by atoms with Crippen LogP contribution in [0.3, 0.4) is 0 Å². The van der Waals surface area contributed by atoms with E-state index in [0.29, 0.717) is 5.41 Å². The lowest BCUT2D eigenvalue weighted by molar-refractivity contribution is 0.153. The number of nitrogens with zero attached hydrogens (tertiary/aromatic N) is 2. The standard InChI is InChI=1S/C15H29N3/c1-17-9-2-14(3-10-17)12-18-11-6-15(13-18)4-7-16-8-5-15/h14,16H,2-13H2,1H3. The number of rotatable bonds is 2. The molecule has 18 heavy (non-hydrogen) atoms. The highest BCUT2D eigenvalue weighted by molar-refractivity contribution is 4.93. The monoisotopic (exact) mass is 251 g/mol. The highest BCUT2D eigenvalue weighted by Gasteiger charge is 2.39. The van der Waals surface area contributed by atoms with Crippen LogP contribution in [-0.2, 0) is 0 Å². The van der Waals surface area contributed by atoms with Crippen LogP contribution in [0, 0.1) is 11.3 Å². The second kappa shape index (κ2) is 5.48. The molecule has 0 saturated carbocycles. The maximum Gasteiger partial charge on any atom is 0.00395 e. The number of nitrogens with one attached hydrogen (secondary N) is 1. The maximum absolute atomic E-state index is 3.51. The van der Waals surface area contributed by atoms with E-state index in [0.717, 1.165) is 5.92 Å². The average Bonchev–Trinajstić information content (AvgIpc) is 2.76. The van der Waals surface area contributed by atoms with Crippen molar-refractivity contribution in [2.45, 2.75) is 32.1 Å². The smallest absolute Gasteiger partial charge is 0.00395 e. The Balaban J connectivity index is 1.47. The molecule has 0 aliphatic carbocycles. The maximum atomic E-state index is 3.51. The fraction of sp³-hybridized carbons (Fsp3) is 1.00. The zero-order valence-electron chi connectivity index (χ0n) is 12.0. The largest absolute Gasteiger partial charge is 0.317 e. The van der Waals surface area contributed by atoms with E-state index in [2.05, 4.69) is 22.2 Å². The van der Waals surface area contributed by atoms with E-state index >= 15 is 0 Å². The van der Waals surface area contributed by atoms with Crippen molar-refractivity contribution in [1.82, 2.24) is 15.1 Å². The van der Waals surface area contributed by atoms with Crippen molar-refractivity contribution in [3.63, 3.8) is 0 Å². The zero-order chi connectivity index (χ0) is 12.4. The van der Waals surface area contributed by atoms with Crippen LogP contribution >= 0.6 is 0 Å². The molecule has 3 rings (SSSR count). The molecule has 3 heterocycles. The Morgan fingerprint density at radius 1 is 1.06 bits per heavy atom. The molecule has 3 aliphatic rings. The average molecular weight is 251 g/mol. The summed E-state index contributed by atoms with van der Waals surface area (Å²) in [5, 5.41) is 3.51. The topological polar surface area (TPSA) is 18.5 Å². The third kappa shape index (κ3) is 2.89. The minimum absolute atomic E-state index is 0.691. The molecule has 0 unspecified atom stereocenters. The van der Waals surface area contributed by atoms with Gasteiger partial charge in [0.1, 0.15) is 0 Å². The van der Waals surface area contributed by atoms with Crippen molar-refractivity contribution in [3.8, 4) is 0 Å². The Morgan fingerprint density at radius 2 is 1.78 bits per heavy atom. The van der Waals surface area contributed by atoms with Gasteiger partial charge in [0.2, 0.25) is 0 Å². The van der Waals surface area contributed by atoms with Crippen LogP contribution in [-0.4, -0.2) is 62.7 Å². The number of hydrogen-bond acceptors (Lipinski definition) is 3. The van der Waals surface area contributed by atoms with Crippen molar-refractivity contribution >= 4 is 0 Å². The molecule has 0 aromatic heterocycles. The van der Waals surface area contributed by atoms with Gasteiger partial charge < -0.3 is 15.1 Å². The first-order valence-electron chi connectivity index (χ1n) is 7.87. The predicted molar refractivity (Wildman–Crippen MR) is 75.8 cm³/mol. The van der Waals surface area contributed by atoms with Crippen LogP contribution in [0.4, 0.5) is 0 Å². The molecular formula is C15H29N3. The van der Waals surface area contributed by atoms with E-state index in [4.69, 9.17) is 0 Å². The van der Waals surface area contributed by atoms with Gasteiger partial charge >= 0.3 is 0 Å². The SMILES string of the molecule is CN1CCC(CN2CCC3(CCNCC3)C2)CC1. The second-order valence-electron chi connectivity index (χ2n) is 6.98. The van der Waals surface area contributed by atoms with Gasteiger partial charge in [-0.25, -0.2) is 0 Å². The van der Waals surface area contributed by atoms with Crippen molar-refractivity contribution in [1.29, 1.82) is 0 Å². The highest BCUT2D eigenvalue weighted by Crippen LogP contribution is 2.39. The quantitative estimate of drug-likeness (QED) is 0.800. The van der Waals surface area contributed by atoms with Crippen LogP contribution in [0.5, 0.6) is 0 Å². The third-order valence-electron chi connectivity index (χ3n) is 5.54. The Morgan fingerprint density at radius 3 is 2.50 bits per heavy atom. The van der Waals surface area contributed by atoms with Crippen LogP contribution in [0.25, 0.3) is 0 Å². The van der Waals surface area contributed by atoms with Gasteiger partial charge in [0.05, 0.1) is 0 Å². The third-order valence-corrected chi connectivity index (χ3v) is 5.54. The van der Waals surface area contributed by atoms with Gasteiger partial charge in [-0.3, -0.25) is 0 Å². The number of hydrogen-bond donors (Lipinski definition) is 1. The van der Waals surface area contributed by atoms with Gasteiger partial charge in [-0.05, 0) is 83.2 Å². The van der Waals surface area contributed by atoms with E-state index in [1.807, 2.05) is 0 Å². The lowest BCUT2D eigenvalue weighted by Crippen LogP contribution is -2.40. The molecular weight excluding hydrogens is 222 g/mol. The molecule has 0 aromatic rings. The van der Waals surface area contributed by atoms with Crippen molar-refractivity contribution in [2.24, 2.45) is 11.3 Å². The van der Waals surface area contributed by atoms with Crippen LogP contribution in [0.15, 0.2) is 0 Å². The molecule has 3 heteroatoms. The molecule has 3 nitrogen and oxygen atoms in total. The summed E-state index contributed by atoms with van der Waals surface area (Å²) in [6.45, 7) is 9.27. The van der Waals surface area contributed by atoms with Crippen LogP contribution < -0.4 is 5.32 Å². The molecule has 3 fully saturated rings. The summed E-state index contributed by atoms with van der Waals surface area (Å²) in [5.74, 6) is 0.970. The summed E-state index contributed by atoms with van der Waals surface area (Å²) in [6, 6.07) is 0. The fourth-order valence-corrected chi connectivity index (χ4v) is 4.16. The van der Waals surface area contributed by atoms with E-state index < -0.39 is 0 Å². The lowest BCUT2D eigenvalue weighted by atomic mass is 9.78.